The molecule has 0 aliphatic carbocycles. The molecule has 2 atom stereocenters. The van der Waals surface area contributed by atoms with E-state index in [4.69, 9.17) is 4.74 Å². The topological polar surface area (TPSA) is 66.1 Å². The van der Waals surface area contributed by atoms with Crippen LogP contribution >= 0.6 is 0 Å². The second kappa shape index (κ2) is 6.10. The van der Waals surface area contributed by atoms with Gasteiger partial charge >= 0.3 is 0 Å². The van der Waals surface area contributed by atoms with Gasteiger partial charge in [0.05, 0.1) is 6.10 Å². The number of anilines is 1. The molecule has 0 spiro atoms. The number of hydrogen-bond acceptors (Lipinski definition) is 5. The van der Waals surface area contributed by atoms with Gasteiger partial charge in [-0.2, -0.15) is 4.98 Å². The quantitative estimate of drug-likeness (QED) is 0.874. The molecule has 2 aliphatic rings. The molecule has 3 heterocycles. The highest BCUT2D eigenvalue weighted by Gasteiger charge is 2.28. The summed E-state index contributed by atoms with van der Waals surface area (Å²) >= 11 is 0. The van der Waals surface area contributed by atoms with Gasteiger partial charge in [0.2, 0.25) is 5.95 Å². The zero-order valence-corrected chi connectivity index (χ0v) is 12.4. The van der Waals surface area contributed by atoms with E-state index < -0.39 is 0 Å². The molecule has 1 aromatic heterocycles. The summed E-state index contributed by atoms with van der Waals surface area (Å²) in [4.78, 5) is 6.92. The molecular weight excluding hydrogens is 254 g/mol. The number of piperidine rings is 1. The van der Waals surface area contributed by atoms with E-state index in [-0.39, 0.29) is 6.10 Å². The molecule has 0 radical (unpaired) electrons. The van der Waals surface area contributed by atoms with Crippen LogP contribution in [0.5, 0.6) is 0 Å². The van der Waals surface area contributed by atoms with Crippen LogP contribution in [0.15, 0.2) is 0 Å². The third-order valence-electron chi connectivity index (χ3n) is 4.42. The lowest BCUT2D eigenvalue weighted by Gasteiger charge is -2.31. The smallest absolute Gasteiger partial charge is 0.244 e. The number of hydrogen-bond donors (Lipinski definition) is 2. The first-order valence-corrected chi connectivity index (χ1v) is 7.73. The first-order chi connectivity index (χ1) is 9.76. The fourth-order valence-corrected chi connectivity index (χ4v) is 3.18. The Balaban J connectivity index is 1.57. The van der Waals surface area contributed by atoms with E-state index in [1.807, 2.05) is 7.05 Å². The molecule has 2 unspecified atom stereocenters. The van der Waals surface area contributed by atoms with Gasteiger partial charge < -0.3 is 15.0 Å². The first-order valence-electron chi connectivity index (χ1n) is 7.73. The van der Waals surface area contributed by atoms with Crippen molar-refractivity contribution in [2.45, 2.75) is 44.8 Å². The first kappa shape index (κ1) is 13.8. The highest BCUT2D eigenvalue weighted by Crippen LogP contribution is 2.31. The van der Waals surface area contributed by atoms with E-state index in [1.165, 1.54) is 12.8 Å². The van der Waals surface area contributed by atoms with E-state index in [1.54, 1.807) is 0 Å². The van der Waals surface area contributed by atoms with Gasteiger partial charge in [-0.05, 0) is 52.1 Å². The minimum absolute atomic E-state index is 0.105. The van der Waals surface area contributed by atoms with Crippen LogP contribution in [0.1, 0.15) is 44.5 Å². The predicted molar refractivity (Wildman–Crippen MR) is 77.8 cm³/mol. The van der Waals surface area contributed by atoms with Crippen LogP contribution in [0.25, 0.3) is 0 Å². The van der Waals surface area contributed by atoms with E-state index in [9.17, 15) is 0 Å². The maximum Gasteiger partial charge on any atom is 0.244 e. The van der Waals surface area contributed by atoms with Gasteiger partial charge in [0.1, 0.15) is 6.10 Å². The van der Waals surface area contributed by atoms with Crippen molar-refractivity contribution in [1.82, 2.24) is 20.5 Å². The minimum atomic E-state index is 0.105. The van der Waals surface area contributed by atoms with Crippen LogP contribution in [0.2, 0.25) is 0 Å². The van der Waals surface area contributed by atoms with Crippen LogP contribution < -0.4 is 10.2 Å². The average Bonchev–Trinajstić information content (AvgIpc) is 3.09. The zero-order valence-electron chi connectivity index (χ0n) is 12.4. The highest BCUT2D eigenvalue weighted by molar-refractivity contribution is 5.29. The summed E-state index contributed by atoms with van der Waals surface area (Å²) in [5, 5.41) is 10.7. The third kappa shape index (κ3) is 2.96. The van der Waals surface area contributed by atoms with Crippen LogP contribution in [0.3, 0.4) is 0 Å². The molecule has 20 heavy (non-hydrogen) atoms. The van der Waals surface area contributed by atoms with Crippen molar-refractivity contribution in [3.63, 3.8) is 0 Å². The molecular formula is C14H25N5O. The second-order valence-corrected chi connectivity index (χ2v) is 6.02. The lowest BCUT2D eigenvalue weighted by Crippen LogP contribution is -2.37. The Hall–Kier alpha value is -1.14. The molecule has 0 amide bonds. The summed E-state index contributed by atoms with van der Waals surface area (Å²) in [5.74, 6) is 2.52. The second-order valence-electron chi connectivity index (χ2n) is 6.02. The van der Waals surface area contributed by atoms with Crippen LogP contribution in [-0.4, -0.2) is 48.0 Å². The lowest BCUT2D eigenvalue weighted by molar-refractivity contribution is 0.0505. The molecule has 2 fully saturated rings. The van der Waals surface area contributed by atoms with Crippen molar-refractivity contribution in [3.8, 4) is 0 Å². The summed E-state index contributed by atoms with van der Waals surface area (Å²) in [6, 6.07) is 0. The van der Waals surface area contributed by atoms with Crippen LogP contribution in [-0.2, 0) is 4.74 Å². The van der Waals surface area contributed by atoms with Crippen molar-refractivity contribution in [2.75, 3.05) is 31.6 Å². The Morgan fingerprint density at radius 1 is 1.30 bits per heavy atom. The van der Waals surface area contributed by atoms with E-state index in [0.29, 0.717) is 6.10 Å². The van der Waals surface area contributed by atoms with Crippen molar-refractivity contribution >= 4 is 5.95 Å². The molecule has 2 N–H and O–H groups in total. The van der Waals surface area contributed by atoms with Gasteiger partial charge in [-0.25, -0.2) is 0 Å². The molecule has 2 saturated heterocycles. The van der Waals surface area contributed by atoms with Gasteiger partial charge in [0.25, 0.3) is 0 Å². The fourth-order valence-electron chi connectivity index (χ4n) is 3.18. The normalized spacial score (nSPS) is 28.2. The summed E-state index contributed by atoms with van der Waals surface area (Å²) in [6.07, 6.45) is 5.01. The number of H-pyrrole nitrogens is 1. The third-order valence-corrected chi connectivity index (χ3v) is 4.42. The number of ether oxygens (including phenoxy) is 1. The van der Waals surface area contributed by atoms with Crippen molar-refractivity contribution < 1.29 is 4.74 Å². The Bertz CT molecular complexity index is 427. The number of rotatable bonds is 4. The summed E-state index contributed by atoms with van der Waals surface area (Å²) in [7, 11) is 2.02. The largest absolute Gasteiger partial charge is 0.367 e. The van der Waals surface area contributed by atoms with Crippen LogP contribution in [0, 0.1) is 5.92 Å². The molecule has 1 aromatic rings. The summed E-state index contributed by atoms with van der Waals surface area (Å²) in [6.45, 7) is 5.32. The van der Waals surface area contributed by atoms with E-state index >= 15 is 0 Å². The van der Waals surface area contributed by atoms with Gasteiger partial charge in [0.15, 0.2) is 5.82 Å². The fraction of sp³-hybridized carbons (Fsp3) is 0.857. The Morgan fingerprint density at radius 3 is 2.75 bits per heavy atom. The van der Waals surface area contributed by atoms with Gasteiger partial charge in [-0.3, -0.25) is 5.10 Å². The van der Waals surface area contributed by atoms with E-state index in [2.05, 4.69) is 32.3 Å². The number of nitrogens with one attached hydrogen (secondary N) is 2. The Morgan fingerprint density at radius 2 is 2.10 bits per heavy atom. The molecule has 0 aromatic carbocycles. The predicted octanol–water partition coefficient (Wildman–Crippen LogP) is 1.48. The molecule has 0 bridgehead atoms. The minimum Gasteiger partial charge on any atom is -0.367 e. The molecule has 0 saturated carbocycles. The Kier molecular flexibility index (Phi) is 4.21. The molecule has 6 heteroatoms. The van der Waals surface area contributed by atoms with Crippen molar-refractivity contribution in [2.24, 2.45) is 5.92 Å². The maximum atomic E-state index is 5.84. The summed E-state index contributed by atoms with van der Waals surface area (Å²) in [5.41, 5.74) is 0. The van der Waals surface area contributed by atoms with Gasteiger partial charge in [0, 0.05) is 13.1 Å². The molecule has 112 valence electrons. The van der Waals surface area contributed by atoms with Gasteiger partial charge in [-0.1, -0.05) is 0 Å². The van der Waals surface area contributed by atoms with Crippen LogP contribution in [0.4, 0.5) is 5.95 Å². The molecule has 2 aliphatic heterocycles. The zero-order chi connectivity index (χ0) is 13.9. The Labute approximate surface area is 120 Å². The molecule has 6 nitrogen and oxygen atoms in total. The number of aromatic nitrogens is 3. The number of nitrogens with zero attached hydrogens (tertiary/aromatic N) is 3. The molecule has 3 rings (SSSR count). The average molecular weight is 279 g/mol. The van der Waals surface area contributed by atoms with E-state index in [0.717, 1.165) is 50.2 Å². The summed E-state index contributed by atoms with van der Waals surface area (Å²) < 4.78 is 5.84. The highest BCUT2D eigenvalue weighted by atomic mass is 16.5. The van der Waals surface area contributed by atoms with Gasteiger partial charge in [-0.15, -0.1) is 5.10 Å². The standard InChI is InChI=1S/C14H25N5O/c1-10-3-4-12(20-10)13-16-14(18-17-13)19-7-5-11(6-8-19)9-15-2/h10-12,15H,3-9H2,1-2H3,(H,16,17,18). The van der Waals surface area contributed by atoms with Crippen molar-refractivity contribution in [1.29, 1.82) is 0 Å². The SMILES string of the molecule is CNCC1CCN(c2n[nH]c(C3CCC(C)O3)n2)CC1. The lowest BCUT2D eigenvalue weighted by atomic mass is 9.97. The van der Waals surface area contributed by atoms with Crippen molar-refractivity contribution in [3.05, 3.63) is 5.82 Å². The monoisotopic (exact) mass is 279 g/mol. The number of aromatic amines is 1. The maximum absolute atomic E-state index is 5.84.